The number of carbonyl (C=O) groups excluding carboxylic acids is 1. The van der Waals surface area contributed by atoms with Gasteiger partial charge in [-0.2, -0.15) is 0 Å². The molecule has 1 aliphatic heterocycles. The molecule has 3 aromatic carbocycles. The number of rotatable bonds is 8. The minimum absolute atomic E-state index is 0.307. The third-order valence-corrected chi connectivity index (χ3v) is 7.08. The second-order valence-electron chi connectivity index (χ2n) is 8.33. The Bertz CT molecular complexity index is 1060. The molecule has 4 rings (SSSR count). The second-order valence-corrected chi connectivity index (χ2v) is 9.25. The van der Waals surface area contributed by atoms with Crippen molar-refractivity contribution in [3.63, 3.8) is 0 Å². The zero-order valence-electron chi connectivity index (χ0n) is 18.4. The summed E-state index contributed by atoms with van der Waals surface area (Å²) in [5, 5.41) is 0. The van der Waals surface area contributed by atoms with Gasteiger partial charge in [0.2, 0.25) is 11.7 Å². The predicted octanol–water partition coefficient (Wildman–Crippen LogP) is 4.56. The lowest BCUT2D eigenvalue weighted by Gasteiger charge is -2.32. The van der Waals surface area contributed by atoms with E-state index in [1.165, 1.54) is 11.4 Å². The average molecular weight is 491 g/mol. The van der Waals surface area contributed by atoms with Gasteiger partial charge in [-0.1, -0.05) is 88.7 Å². The van der Waals surface area contributed by atoms with Crippen LogP contribution < -0.4 is 5.73 Å². The molecule has 0 atom stereocenters. The largest absolute Gasteiger partial charge is 0.369 e. The van der Waals surface area contributed by atoms with Crippen molar-refractivity contribution >= 4 is 27.7 Å². The number of hydrogen-bond acceptors (Lipinski definition) is 2. The molecule has 0 unspecified atom stereocenters. The second kappa shape index (κ2) is 9.70. The van der Waals surface area contributed by atoms with E-state index in [9.17, 15) is 4.79 Å². The lowest BCUT2D eigenvalue weighted by Crippen LogP contribution is -2.45. The Morgan fingerprint density at radius 1 is 0.969 bits per heavy atom. The lowest BCUT2D eigenvalue weighted by molar-refractivity contribution is -0.534. The predicted molar refractivity (Wildman–Crippen MR) is 133 cm³/mol. The number of benzene rings is 3. The number of nitrogens with zero attached hydrogens (tertiary/aromatic N) is 2. The van der Waals surface area contributed by atoms with Crippen LogP contribution in [0.15, 0.2) is 89.4 Å². The highest BCUT2D eigenvalue weighted by molar-refractivity contribution is 9.10. The zero-order chi connectivity index (χ0) is 22.6. The first-order valence-electron chi connectivity index (χ1n) is 11.0. The molecule has 1 heterocycles. The van der Waals surface area contributed by atoms with E-state index in [-0.39, 0.29) is 5.91 Å². The minimum Gasteiger partial charge on any atom is -0.369 e. The van der Waals surface area contributed by atoms with E-state index in [2.05, 4.69) is 56.6 Å². The fourth-order valence-electron chi connectivity index (χ4n) is 4.65. The minimum atomic E-state index is -0.859. The molecule has 164 valence electrons. The molecular weight excluding hydrogens is 462 g/mol. The van der Waals surface area contributed by atoms with Gasteiger partial charge in [-0.25, -0.2) is 0 Å². The van der Waals surface area contributed by atoms with E-state index in [0.717, 1.165) is 41.8 Å². The van der Waals surface area contributed by atoms with Gasteiger partial charge in [0.15, 0.2) is 0 Å². The molecule has 32 heavy (non-hydrogen) atoms. The van der Waals surface area contributed by atoms with Crippen molar-refractivity contribution in [3.05, 3.63) is 106 Å². The van der Waals surface area contributed by atoms with Crippen LogP contribution in [0.4, 0.5) is 0 Å². The molecule has 5 heteroatoms. The van der Waals surface area contributed by atoms with Crippen molar-refractivity contribution in [2.75, 3.05) is 19.6 Å². The molecule has 0 radical (unpaired) electrons. The molecule has 2 N–H and O–H groups in total. The maximum Gasteiger partial charge on any atom is 0.244 e. The Hall–Kier alpha value is -2.92. The molecule has 4 nitrogen and oxygen atoms in total. The average Bonchev–Trinajstić information content (AvgIpc) is 3.16. The van der Waals surface area contributed by atoms with Crippen LogP contribution in [-0.4, -0.2) is 40.9 Å². The normalized spacial score (nSPS) is 14.1. The Morgan fingerprint density at radius 2 is 1.53 bits per heavy atom. The number of primary amides is 1. The van der Waals surface area contributed by atoms with Crippen molar-refractivity contribution in [2.45, 2.75) is 25.3 Å². The van der Waals surface area contributed by atoms with E-state index in [0.29, 0.717) is 6.42 Å². The van der Waals surface area contributed by atoms with Crippen molar-refractivity contribution in [1.82, 2.24) is 4.90 Å². The third-order valence-electron chi connectivity index (χ3n) is 6.55. The van der Waals surface area contributed by atoms with Crippen LogP contribution in [0, 0.1) is 0 Å². The van der Waals surface area contributed by atoms with E-state index >= 15 is 0 Å². The van der Waals surface area contributed by atoms with Gasteiger partial charge in [0.1, 0.15) is 25.0 Å². The van der Waals surface area contributed by atoms with Crippen molar-refractivity contribution in [2.24, 2.45) is 5.73 Å². The Labute approximate surface area is 198 Å². The van der Waals surface area contributed by atoms with E-state index in [1.807, 2.05) is 60.7 Å². The van der Waals surface area contributed by atoms with Crippen LogP contribution >= 0.6 is 15.9 Å². The fourth-order valence-corrected chi connectivity index (χ4v) is 4.92. The van der Waals surface area contributed by atoms with Crippen LogP contribution in [0.2, 0.25) is 0 Å². The fraction of sp³-hybridized carbons (Fsp3) is 0.259. The van der Waals surface area contributed by atoms with Crippen LogP contribution in [-0.2, 0) is 16.8 Å². The molecule has 0 aliphatic carbocycles. The first-order valence-corrected chi connectivity index (χ1v) is 11.8. The molecule has 1 aliphatic rings. The van der Waals surface area contributed by atoms with Gasteiger partial charge >= 0.3 is 0 Å². The lowest BCUT2D eigenvalue weighted by atomic mass is 9.71. The smallest absolute Gasteiger partial charge is 0.244 e. The Morgan fingerprint density at radius 3 is 2.06 bits per heavy atom. The summed E-state index contributed by atoms with van der Waals surface area (Å²) in [6, 6.07) is 28.4. The Balaban J connectivity index is 1.59. The molecule has 0 saturated carbocycles. The third kappa shape index (κ3) is 4.49. The Kier molecular flexibility index (Phi) is 6.75. The van der Waals surface area contributed by atoms with Crippen molar-refractivity contribution < 1.29 is 9.37 Å². The van der Waals surface area contributed by atoms with Gasteiger partial charge < -0.3 is 5.73 Å². The first kappa shape index (κ1) is 22.3. The summed E-state index contributed by atoms with van der Waals surface area (Å²) in [6.45, 7) is 5.73. The molecule has 0 fully saturated rings. The van der Waals surface area contributed by atoms with E-state index < -0.39 is 5.41 Å². The highest BCUT2D eigenvalue weighted by Gasteiger charge is 2.42. The van der Waals surface area contributed by atoms with Gasteiger partial charge in [-0.15, -0.1) is 0 Å². The number of hydrogen-bond donors (Lipinski definition) is 1. The summed E-state index contributed by atoms with van der Waals surface area (Å²) < 4.78 is 3.50. The maximum atomic E-state index is 13.0. The van der Waals surface area contributed by atoms with Crippen LogP contribution in [0.3, 0.4) is 0 Å². The van der Waals surface area contributed by atoms with Gasteiger partial charge in [0, 0.05) is 17.8 Å². The summed E-state index contributed by atoms with van der Waals surface area (Å²) in [4.78, 5) is 15.4. The molecule has 1 amide bonds. The van der Waals surface area contributed by atoms with Crippen molar-refractivity contribution in [3.8, 4) is 0 Å². The van der Waals surface area contributed by atoms with E-state index in [1.54, 1.807) is 0 Å². The zero-order valence-corrected chi connectivity index (χ0v) is 20.0. The summed E-state index contributed by atoms with van der Waals surface area (Å²) in [5.74, 6) is 0.936. The van der Waals surface area contributed by atoms with Gasteiger partial charge in [0.05, 0.1) is 6.54 Å². The van der Waals surface area contributed by atoms with Gasteiger partial charge in [-0.3, -0.25) is 14.3 Å². The molecule has 3 aromatic rings. The number of nitrogens with two attached hydrogens (primary N) is 1. The number of amidine groups is 1. The maximum absolute atomic E-state index is 13.0. The van der Waals surface area contributed by atoms with Crippen molar-refractivity contribution in [1.29, 1.82) is 0 Å². The first-order chi connectivity index (χ1) is 15.5. The topological polar surface area (TPSA) is 49.3 Å². The molecule has 0 bridgehead atoms. The number of amides is 1. The number of halogens is 1. The molecule has 0 saturated heterocycles. The number of carbonyl (C=O) groups is 1. The van der Waals surface area contributed by atoms with Gasteiger partial charge in [0.25, 0.3) is 0 Å². The summed E-state index contributed by atoms with van der Waals surface area (Å²) >= 11 is 3.50. The molecule has 0 spiro atoms. The quantitative estimate of drug-likeness (QED) is 0.470. The highest BCUT2D eigenvalue weighted by Crippen LogP contribution is 2.36. The van der Waals surface area contributed by atoms with Crippen LogP contribution in [0.25, 0.3) is 0 Å². The molecular formula is C27H29BrN3O+. The van der Waals surface area contributed by atoms with Gasteiger partial charge in [-0.05, 0) is 28.8 Å². The summed E-state index contributed by atoms with van der Waals surface area (Å²) in [6.07, 6.45) is 0.625. The summed E-state index contributed by atoms with van der Waals surface area (Å²) in [7, 11) is 0. The van der Waals surface area contributed by atoms with E-state index in [4.69, 9.17) is 5.73 Å². The summed E-state index contributed by atoms with van der Waals surface area (Å²) in [5.41, 5.74) is 8.44. The molecule has 0 aromatic heterocycles. The van der Waals surface area contributed by atoms with Crippen LogP contribution in [0.5, 0.6) is 0 Å². The monoisotopic (exact) mass is 490 g/mol. The van der Waals surface area contributed by atoms with Crippen LogP contribution in [0.1, 0.15) is 30.0 Å². The highest BCUT2D eigenvalue weighted by atomic mass is 79.9. The standard InChI is InChI=1S/C27H28BrN3O/c1-21-30(18-19-31(21)20-22-12-14-25(28)15-13-22)17-16-27(26(29)32,23-8-4-2-5-9-23)24-10-6-3-7-11-24/h2-15H,16-20H2,1H3,(H-,29,32)/p+1. The SMILES string of the molecule is CC1=[N+](Cc2ccc(Br)cc2)CCN1CCC(C(N)=O)(c1ccccc1)c1ccccc1.